The monoisotopic (exact) mass is 678 g/mol. The fourth-order valence-electron chi connectivity index (χ4n) is 7.19. The molecular weight excluding hydrogens is 619 g/mol. The summed E-state index contributed by atoms with van der Waals surface area (Å²) in [5.74, 6) is -1.58. The second-order valence-electron chi connectivity index (χ2n) is 12.5. The zero-order chi connectivity index (χ0) is 31.0. The SMILES string of the molecule is CCCCCCCCCCCCCCCC1O[C@@H]2[C@@H]3C[C@H]([C@@H]2O1)[C@@H](C(=O)NCCN=C(N)N)[C@@H]3C(=O)NCCN=C(N)N.Cl.Cl. The van der Waals surface area contributed by atoms with Crippen molar-refractivity contribution < 1.29 is 19.1 Å². The van der Waals surface area contributed by atoms with E-state index in [0.717, 1.165) is 19.3 Å². The molecule has 3 aliphatic rings. The van der Waals surface area contributed by atoms with Gasteiger partial charge in [-0.15, -0.1) is 24.8 Å². The van der Waals surface area contributed by atoms with Crippen LogP contribution in [0.25, 0.3) is 0 Å². The van der Waals surface area contributed by atoms with Gasteiger partial charge in [0.2, 0.25) is 11.8 Å². The van der Waals surface area contributed by atoms with Gasteiger partial charge in [0, 0.05) is 24.9 Å². The largest absolute Gasteiger partial charge is 0.370 e. The fourth-order valence-corrected chi connectivity index (χ4v) is 7.19. The highest BCUT2D eigenvalue weighted by Crippen LogP contribution is 2.57. The second-order valence-corrected chi connectivity index (χ2v) is 12.5. The molecule has 0 radical (unpaired) electrons. The van der Waals surface area contributed by atoms with E-state index < -0.39 is 11.8 Å². The quantitative estimate of drug-likeness (QED) is 0.0568. The zero-order valence-corrected chi connectivity index (χ0v) is 28.8. The molecule has 1 saturated heterocycles. The highest BCUT2D eigenvalue weighted by atomic mass is 35.5. The first-order valence-electron chi connectivity index (χ1n) is 16.8. The maximum atomic E-state index is 13.3. The van der Waals surface area contributed by atoms with Gasteiger partial charge in [-0.1, -0.05) is 84.0 Å². The van der Waals surface area contributed by atoms with E-state index in [2.05, 4.69) is 27.5 Å². The molecule has 3 fully saturated rings. The number of carbonyl (C=O) groups excluding carboxylic acids is 2. The standard InChI is InChI=1S/C31H58N8O4.2ClH/c1-2-3-4-5-6-7-8-9-10-11-12-13-14-15-23-42-26-21-20-22(27(26)43-23)25(29(41)37-17-19-39-31(34)35)24(21)28(40)36-16-18-38-30(32)33;;/h21-27H,2-20H2,1H3,(H,36,40)(H,37,41)(H4,32,33,38)(H4,34,35,39);2*1H/t21-,22+,23?,24-,25-,26-,27+;;/m1../s1. The molecule has 0 aromatic carbocycles. The van der Waals surface area contributed by atoms with Crippen molar-refractivity contribution in [1.29, 1.82) is 0 Å². The summed E-state index contributed by atoms with van der Waals surface area (Å²) in [6, 6.07) is 0. The van der Waals surface area contributed by atoms with E-state index in [0.29, 0.717) is 0 Å². The molecule has 2 saturated carbocycles. The summed E-state index contributed by atoms with van der Waals surface area (Å²) in [5, 5.41) is 5.83. The van der Waals surface area contributed by atoms with Crippen LogP contribution in [-0.2, 0) is 19.1 Å². The summed E-state index contributed by atoms with van der Waals surface area (Å²) in [6.45, 7) is 3.39. The molecule has 10 N–H and O–H groups in total. The van der Waals surface area contributed by atoms with Crippen molar-refractivity contribution in [3.63, 3.8) is 0 Å². The van der Waals surface area contributed by atoms with Gasteiger partial charge in [0.1, 0.15) is 0 Å². The minimum absolute atomic E-state index is 0. The van der Waals surface area contributed by atoms with Crippen LogP contribution in [0.15, 0.2) is 9.98 Å². The van der Waals surface area contributed by atoms with Crippen LogP contribution < -0.4 is 33.6 Å². The predicted octanol–water partition coefficient (Wildman–Crippen LogP) is 3.08. The lowest BCUT2D eigenvalue weighted by Gasteiger charge is -2.34. The number of aliphatic imine (C=N–C) groups is 2. The summed E-state index contributed by atoms with van der Waals surface area (Å²) in [5.41, 5.74) is 21.6. The Morgan fingerprint density at radius 3 is 1.40 bits per heavy atom. The van der Waals surface area contributed by atoms with Gasteiger partial charge in [-0.05, 0) is 19.3 Å². The molecule has 262 valence electrons. The Balaban J connectivity index is 0.00000506. The predicted molar refractivity (Wildman–Crippen MR) is 184 cm³/mol. The minimum Gasteiger partial charge on any atom is -0.370 e. The Bertz CT molecular complexity index is 864. The van der Waals surface area contributed by atoms with Crippen LogP contribution in [-0.4, -0.2) is 68.4 Å². The van der Waals surface area contributed by atoms with E-state index in [1.807, 2.05) is 0 Å². The molecule has 2 amide bonds. The molecule has 2 bridgehead atoms. The van der Waals surface area contributed by atoms with Crippen LogP contribution in [0.3, 0.4) is 0 Å². The molecule has 1 aliphatic heterocycles. The van der Waals surface area contributed by atoms with Crippen molar-refractivity contribution in [1.82, 2.24) is 10.6 Å². The number of halogens is 2. The molecule has 45 heavy (non-hydrogen) atoms. The highest BCUT2D eigenvalue weighted by molar-refractivity contribution is 5.89. The first-order chi connectivity index (χ1) is 20.8. The van der Waals surface area contributed by atoms with Crippen molar-refractivity contribution in [2.45, 2.75) is 122 Å². The smallest absolute Gasteiger partial charge is 0.224 e. The summed E-state index contributed by atoms with van der Waals surface area (Å²) < 4.78 is 12.8. The van der Waals surface area contributed by atoms with Crippen LogP contribution in [0.2, 0.25) is 0 Å². The Labute approximate surface area is 282 Å². The van der Waals surface area contributed by atoms with Gasteiger partial charge in [0.05, 0.1) is 37.1 Å². The van der Waals surface area contributed by atoms with Gasteiger partial charge >= 0.3 is 0 Å². The maximum Gasteiger partial charge on any atom is 0.224 e. The number of guanidine groups is 2. The summed E-state index contributed by atoms with van der Waals surface area (Å²) in [4.78, 5) is 34.5. The average Bonchev–Trinajstić information content (AvgIpc) is 3.66. The number of amides is 2. The molecule has 0 aromatic rings. The van der Waals surface area contributed by atoms with E-state index in [-0.39, 0.29) is 105 Å². The van der Waals surface area contributed by atoms with Crippen molar-refractivity contribution >= 4 is 48.5 Å². The van der Waals surface area contributed by atoms with Crippen LogP contribution >= 0.6 is 24.8 Å². The first-order valence-corrected chi connectivity index (χ1v) is 16.8. The average molecular weight is 680 g/mol. The second kappa shape index (κ2) is 22.5. The Kier molecular flexibility index (Phi) is 20.5. The number of unbranched alkanes of at least 4 members (excludes halogenated alkanes) is 12. The maximum absolute atomic E-state index is 13.3. The summed E-state index contributed by atoms with van der Waals surface area (Å²) >= 11 is 0. The van der Waals surface area contributed by atoms with Crippen molar-refractivity contribution in [2.75, 3.05) is 26.2 Å². The van der Waals surface area contributed by atoms with Crippen LogP contribution in [0.5, 0.6) is 0 Å². The molecule has 7 atom stereocenters. The number of nitrogens with two attached hydrogens (primary N) is 4. The molecule has 1 heterocycles. The lowest BCUT2D eigenvalue weighted by atomic mass is 9.75. The van der Waals surface area contributed by atoms with Crippen molar-refractivity contribution in [3.05, 3.63) is 0 Å². The third-order valence-electron chi connectivity index (χ3n) is 9.20. The van der Waals surface area contributed by atoms with Gasteiger partial charge in [-0.3, -0.25) is 19.6 Å². The van der Waals surface area contributed by atoms with E-state index >= 15 is 0 Å². The number of fused-ring (bicyclic) bond motifs is 5. The highest BCUT2D eigenvalue weighted by Gasteiger charge is 2.66. The van der Waals surface area contributed by atoms with E-state index in [1.165, 1.54) is 77.0 Å². The molecule has 14 heteroatoms. The lowest BCUT2D eigenvalue weighted by molar-refractivity contribution is -0.140. The molecule has 3 rings (SSSR count). The minimum atomic E-state index is -0.507. The van der Waals surface area contributed by atoms with Crippen molar-refractivity contribution in [2.24, 2.45) is 56.6 Å². The third-order valence-corrected chi connectivity index (χ3v) is 9.20. The van der Waals surface area contributed by atoms with Gasteiger partial charge in [-0.25, -0.2) is 0 Å². The molecular formula is C31H60Cl2N8O4. The zero-order valence-electron chi connectivity index (χ0n) is 27.1. The number of nitrogens with zero attached hydrogens (tertiary/aromatic N) is 2. The van der Waals surface area contributed by atoms with E-state index in [9.17, 15) is 9.59 Å². The Hall–Kier alpha value is -2.02. The molecule has 0 spiro atoms. The fraction of sp³-hybridized carbons (Fsp3) is 0.871. The summed E-state index contributed by atoms with van der Waals surface area (Å²) in [6.07, 6.45) is 18.0. The number of hydrogen-bond donors (Lipinski definition) is 6. The van der Waals surface area contributed by atoms with E-state index in [4.69, 9.17) is 32.4 Å². The summed E-state index contributed by atoms with van der Waals surface area (Å²) in [7, 11) is 0. The Morgan fingerprint density at radius 1 is 0.644 bits per heavy atom. The molecule has 0 aromatic heterocycles. The van der Waals surface area contributed by atoms with Crippen molar-refractivity contribution in [3.8, 4) is 0 Å². The van der Waals surface area contributed by atoms with Crippen LogP contribution in [0.1, 0.15) is 103 Å². The Morgan fingerprint density at radius 2 is 1.02 bits per heavy atom. The number of nitrogens with one attached hydrogen (secondary N) is 2. The molecule has 2 aliphatic carbocycles. The first kappa shape index (κ1) is 41.0. The number of rotatable bonds is 22. The lowest BCUT2D eigenvalue weighted by Crippen LogP contribution is -2.52. The topological polar surface area (TPSA) is 205 Å². The van der Waals surface area contributed by atoms with Gasteiger partial charge in [-0.2, -0.15) is 0 Å². The van der Waals surface area contributed by atoms with E-state index in [1.54, 1.807) is 0 Å². The number of carbonyl (C=O) groups is 2. The van der Waals surface area contributed by atoms with Gasteiger partial charge in [0.25, 0.3) is 0 Å². The molecule has 1 unspecified atom stereocenters. The number of ether oxygens (including phenoxy) is 2. The van der Waals surface area contributed by atoms with Gasteiger partial charge < -0.3 is 43.0 Å². The third kappa shape index (κ3) is 13.3. The van der Waals surface area contributed by atoms with Crippen LogP contribution in [0.4, 0.5) is 0 Å². The number of hydrogen-bond acceptors (Lipinski definition) is 6. The van der Waals surface area contributed by atoms with Gasteiger partial charge in [0.15, 0.2) is 18.2 Å². The molecule has 12 nitrogen and oxygen atoms in total. The normalized spacial score (nSPS) is 25.8. The van der Waals surface area contributed by atoms with Crippen LogP contribution in [0, 0.1) is 23.7 Å².